The minimum atomic E-state index is -0.267. The number of rotatable bonds is 3. The third-order valence-electron chi connectivity index (χ3n) is 3.13. The van der Waals surface area contributed by atoms with E-state index in [-0.39, 0.29) is 5.91 Å². The van der Waals surface area contributed by atoms with Crippen molar-refractivity contribution in [3.63, 3.8) is 0 Å². The first-order valence-corrected chi connectivity index (χ1v) is 6.42. The van der Waals surface area contributed by atoms with Crippen molar-refractivity contribution in [3.8, 4) is 5.88 Å². The number of carbonyl (C=O) groups is 1. The second-order valence-electron chi connectivity index (χ2n) is 4.56. The van der Waals surface area contributed by atoms with Crippen molar-refractivity contribution >= 4 is 22.5 Å². The van der Waals surface area contributed by atoms with Gasteiger partial charge in [0, 0.05) is 24.8 Å². The number of pyridine rings is 1. The molecule has 0 aliphatic carbocycles. The number of hydrogen-bond donors (Lipinski definition) is 1. The van der Waals surface area contributed by atoms with E-state index in [2.05, 4.69) is 15.4 Å². The molecule has 0 aliphatic heterocycles. The maximum absolute atomic E-state index is 12.4. The van der Waals surface area contributed by atoms with Crippen LogP contribution in [0.25, 0.3) is 10.9 Å². The second-order valence-corrected chi connectivity index (χ2v) is 4.56. The lowest BCUT2D eigenvalue weighted by Gasteiger charge is -2.07. The number of nitrogens with zero attached hydrogens (tertiary/aromatic N) is 3. The van der Waals surface area contributed by atoms with Crippen LogP contribution < -0.4 is 10.1 Å². The lowest BCUT2D eigenvalue weighted by molar-refractivity contribution is 0.102. The van der Waals surface area contributed by atoms with Gasteiger partial charge in [0.15, 0.2) is 0 Å². The maximum Gasteiger partial charge on any atom is 0.262 e. The van der Waals surface area contributed by atoms with Crippen molar-refractivity contribution in [2.75, 3.05) is 12.4 Å². The molecule has 3 aromatic rings. The highest BCUT2D eigenvalue weighted by atomic mass is 16.5. The molecular formula is C15H14N4O2. The van der Waals surface area contributed by atoms with Crippen LogP contribution in [0.2, 0.25) is 0 Å². The van der Waals surface area contributed by atoms with Gasteiger partial charge in [0.1, 0.15) is 5.56 Å². The fourth-order valence-corrected chi connectivity index (χ4v) is 2.18. The van der Waals surface area contributed by atoms with Crippen LogP contribution >= 0.6 is 0 Å². The molecule has 2 aromatic heterocycles. The predicted molar refractivity (Wildman–Crippen MR) is 79.5 cm³/mol. The van der Waals surface area contributed by atoms with Gasteiger partial charge in [-0.15, -0.1) is 5.10 Å². The summed E-state index contributed by atoms with van der Waals surface area (Å²) in [5.41, 5.74) is 1.92. The SMILES string of the molecule is COc1nn(C)cc1C(=O)Nc1cccc2ncccc12. The molecule has 1 amide bonds. The lowest BCUT2D eigenvalue weighted by atomic mass is 10.1. The van der Waals surface area contributed by atoms with Crippen molar-refractivity contribution < 1.29 is 9.53 Å². The van der Waals surface area contributed by atoms with Gasteiger partial charge in [-0.05, 0) is 24.3 Å². The predicted octanol–water partition coefficient (Wildman–Crippen LogP) is 2.23. The number of methoxy groups -OCH3 is 1. The monoisotopic (exact) mass is 282 g/mol. The molecule has 6 nitrogen and oxygen atoms in total. The average molecular weight is 282 g/mol. The van der Waals surface area contributed by atoms with E-state index in [1.807, 2.05) is 30.3 Å². The zero-order valence-electron chi connectivity index (χ0n) is 11.7. The summed E-state index contributed by atoms with van der Waals surface area (Å²) in [5.74, 6) is 0.0321. The molecule has 0 radical (unpaired) electrons. The molecule has 1 N–H and O–H groups in total. The molecule has 0 saturated carbocycles. The molecule has 0 atom stereocenters. The number of ether oxygens (including phenoxy) is 1. The number of carbonyl (C=O) groups excluding carboxylic acids is 1. The van der Waals surface area contributed by atoms with E-state index >= 15 is 0 Å². The third kappa shape index (κ3) is 2.43. The van der Waals surface area contributed by atoms with E-state index in [0.29, 0.717) is 17.1 Å². The van der Waals surface area contributed by atoms with Gasteiger partial charge in [-0.3, -0.25) is 14.5 Å². The smallest absolute Gasteiger partial charge is 0.262 e. The summed E-state index contributed by atoms with van der Waals surface area (Å²) in [6.45, 7) is 0. The maximum atomic E-state index is 12.4. The van der Waals surface area contributed by atoms with Crippen LogP contribution in [0.15, 0.2) is 42.7 Å². The number of anilines is 1. The quantitative estimate of drug-likeness (QED) is 0.799. The molecule has 21 heavy (non-hydrogen) atoms. The summed E-state index contributed by atoms with van der Waals surface area (Å²) in [5, 5.41) is 7.84. The summed E-state index contributed by atoms with van der Waals surface area (Å²) in [7, 11) is 3.22. The number of nitrogens with one attached hydrogen (secondary N) is 1. The largest absolute Gasteiger partial charge is 0.479 e. The minimum absolute atomic E-state index is 0.267. The molecule has 0 saturated heterocycles. The van der Waals surface area contributed by atoms with Crippen LogP contribution in [0.5, 0.6) is 5.88 Å². The van der Waals surface area contributed by atoms with Crippen LogP contribution in [-0.2, 0) is 7.05 Å². The van der Waals surface area contributed by atoms with E-state index < -0.39 is 0 Å². The number of benzene rings is 1. The van der Waals surface area contributed by atoms with Gasteiger partial charge in [0.05, 0.1) is 18.3 Å². The fourth-order valence-electron chi connectivity index (χ4n) is 2.18. The van der Waals surface area contributed by atoms with E-state index in [1.165, 1.54) is 7.11 Å². The highest BCUT2D eigenvalue weighted by molar-refractivity contribution is 6.09. The van der Waals surface area contributed by atoms with Crippen molar-refractivity contribution in [1.29, 1.82) is 0 Å². The van der Waals surface area contributed by atoms with Crippen LogP contribution in [-0.4, -0.2) is 27.8 Å². The van der Waals surface area contributed by atoms with Gasteiger partial charge in [-0.1, -0.05) is 6.07 Å². The molecule has 0 bridgehead atoms. The van der Waals surface area contributed by atoms with Crippen LogP contribution in [0.1, 0.15) is 10.4 Å². The standard InChI is InChI=1S/C15H14N4O2/c1-19-9-11(15(18-19)21-2)14(20)17-13-7-3-6-12-10(13)5-4-8-16-12/h3-9H,1-2H3,(H,17,20). The second kappa shape index (κ2) is 5.24. The molecule has 0 spiro atoms. The number of fused-ring (bicyclic) bond motifs is 1. The molecule has 2 heterocycles. The van der Waals surface area contributed by atoms with Gasteiger partial charge in [0.25, 0.3) is 5.91 Å². The van der Waals surface area contributed by atoms with Crippen LogP contribution in [0.4, 0.5) is 5.69 Å². The van der Waals surface area contributed by atoms with Crippen molar-refractivity contribution in [2.45, 2.75) is 0 Å². The number of aryl methyl sites for hydroxylation is 1. The van der Waals surface area contributed by atoms with Gasteiger partial charge < -0.3 is 10.1 Å². The Morgan fingerprint density at radius 2 is 2.14 bits per heavy atom. The first kappa shape index (κ1) is 13.1. The van der Waals surface area contributed by atoms with E-state index in [9.17, 15) is 4.79 Å². The highest BCUT2D eigenvalue weighted by Crippen LogP contribution is 2.23. The van der Waals surface area contributed by atoms with E-state index in [1.54, 1.807) is 24.1 Å². The molecule has 6 heteroatoms. The minimum Gasteiger partial charge on any atom is -0.479 e. The Labute approximate surface area is 121 Å². The van der Waals surface area contributed by atoms with Gasteiger partial charge in [-0.25, -0.2) is 0 Å². The molecular weight excluding hydrogens is 268 g/mol. The normalized spacial score (nSPS) is 10.6. The van der Waals surface area contributed by atoms with Crippen molar-refractivity contribution in [1.82, 2.24) is 14.8 Å². The summed E-state index contributed by atoms with van der Waals surface area (Å²) >= 11 is 0. The van der Waals surface area contributed by atoms with E-state index in [0.717, 1.165) is 10.9 Å². The summed E-state index contributed by atoms with van der Waals surface area (Å²) in [6, 6.07) is 9.34. The average Bonchev–Trinajstić information content (AvgIpc) is 2.89. The van der Waals surface area contributed by atoms with Crippen LogP contribution in [0, 0.1) is 0 Å². The Balaban J connectivity index is 1.96. The fraction of sp³-hybridized carbons (Fsp3) is 0.133. The summed E-state index contributed by atoms with van der Waals surface area (Å²) < 4.78 is 6.65. The summed E-state index contributed by atoms with van der Waals surface area (Å²) in [4.78, 5) is 16.7. The zero-order chi connectivity index (χ0) is 14.8. The van der Waals surface area contributed by atoms with Gasteiger partial charge in [0.2, 0.25) is 5.88 Å². The highest BCUT2D eigenvalue weighted by Gasteiger charge is 2.17. The number of aromatic nitrogens is 3. The summed E-state index contributed by atoms with van der Waals surface area (Å²) in [6.07, 6.45) is 3.34. The number of hydrogen-bond acceptors (Lipinski definition) is 4. The molecule has 0 unspecified atom stereocenters. The molecule has 0 aliphatic rings. The molecule has 3 rings (SSSR count). The topological polar surface area (TPSA) is 69.0 Å². The lowest BCUT2D eigenvalue weighted by Crippen LogP contribution is -2.12. The molecule has 1 aromatic carbocycles. The Hall–Kier alpha value is -2.89. The Kier molecular flexibility index (Phi) is 3.27. The Morgan fingerprint density at radius 3 is 2.95 bits per heavy atom. The van der Waals surface area contributed by atoms with Crippen LogP contribution in [0.3, 0.4) is 0 Å². The first-order chi connectivity index (χ1) is 10.2. The van der Waals surface area contributed by atoms with Gasteiger partial charge >= 0.3 is 0 Å². The van der Waals surface area contributed by atoms with Gasteiger partial charge in [-0.2, -0.15) is 0 Å². The van der Waals surface area contributed by atoms with Crippen molar-refractivity contribution in [2.24, 2.45) is 7.05 Å². The molecule has 0 fully saturated rings. The third-order valence-corrected chi connectivity index (χ3v) is 3.13. The first-order valence-electron chi connectivity index (χ1n) is 6.42. The number of amides is 1. The zero-order valence-corrected chi connectivity index (χ0v) is 11.7. The molecule has 106 valence electrons. The van der Waals surface area contributed by atoms with E-state index in [4.69, 9.17) is 4.74 Å². The Bertz CT molecular complexity index is 805. The van der Waals surface area contributed by atoms with Crippen molar-refractivity contribution in [3.05, 3.63) is 48.3 Å². The Morgan fingerprint density at radius 1 is 1.29 bits per heavy atom.